The molecule has 2 rings (SSSR count). The fraction of sp³-hybridized carbons (Fsp3) is 0.579. The lowest BCUT2D eigenvalue weighted by Gasteiger charge is -2.38. The summed E-state index contributed by atoms with van der Waals surface area (Å²) in [6, 6.07) is 6.98. The second-order valence-corrected chi connectivity index (χ2v) is 7.44. The number of carbonyl (C=O) groups excluding carboxylic acids is 2. The van der Waals surface area contributed by atoms with Gasteiger partial charge >= 0.3 is 6.09 Å². The molecule has 1 amide bonds. The Balaban J connectivity index is 2.01. The van der Waals surface area contributed by atoms with Gasteiger partial charge in [-0.25, -0.2) is 4.79 Å². The molecule has 5 heteroatoms. The van der Waals surface area contributed by atoms with Crippen LogP contribution in [0.2, 0.25) is 0 Å². The SMILES string of the molecule is CC(C)(C)OC(=O)NC1(COc2ccc(C=O)cc2)CCCCC1. The number of aldehydes is 1. The van der Waals surface area contributed by atoms with Gasteiger partial charge in [-0.05, 0) is 57.9 Å². The van der Waals surface area contributed by atoms with Gasteiger partial charge in [-0.2, -0.15) is 0 Å². The van der Waals surface area contributed by atoms with Crippen LogP contribution in [-0.4, -0.2) is 30.1 Å². The van der Waals surface area contributed by atoms with Crippen LogP contribution in [0.1, 0.15) is 63.2 Å². The van der Waals surface area contributed by atoms with Crippen LogP contribution >= 0.6 is 0 Å². The fourth-order valence-electron chi connectivity index (χ4n) is 2.92. The number of benzene rings is 1. The second-order valence-electron chi connectivity index (χ2n) is 7.44. The zero-order valence-corrected chi connectivity index (χ0v) is 14.8. The summed E-state index contributed by atoms with van der Waals surface area (Å²) in [6.07, 6.45) is 5.44. The monoisotopic (exact) mass is 333 g/mol. The van der Waals surface area contributed by atoms with E-state index in [0.717, 1.165) is 32.0 Å². The predicted molar refractivity (Wildman–Crippen MR) is 92.5 cm³/mol. The number of hydrogen-bond acceptors (Lipinski definition) is 4. The molecule has 24 heavy (non-hydrogen) atoms. The molecule has 132 valence electrons. The van der Waals surface area contributed by atoms with Crippen LogP contribution in [0.4, 0.5) is 4.79 Å². The Hall–Kier alpha value is -2.04. The summed E-state index contributed by atoms with van der Waals surface area (Å²) in [5.74, 6) is 0.691. The lowest BCUT2D eigenvalue weighted by molar-refractivity contribution is 0.0364. The molecule has 0 aromatic heterocycles. The molecule has 1 N–H and O–H groups in total. The molecule has 0 bridgehead atoms. The van der Waals surface area contributed by atoms with Crippen LogP contribution in [-0.2, 0) is 4.74 Å². The van der Waals surface area contributed by atoms with Crippen molar-refractivity contribution in [1.29, 1.82) is 0 Å². The zero-order valence-electron chi connectivity index (χ0n) is 14.8. The number of carbonyl (C=O) groups is 2. The highest BCUT2D eigenvalue weighted by atomic mass is 16.6. The molecule has 1 aromatic carbocycles. The molecule has 0 spiro atoms. The smallest absolute Gasteiger partial charge is 0.408 e. The number of nitrogens with one attached hydrogen (secondary N) is 1. The molecule has 0 radical (unpaired) electrons. The maximum atomic E-state index is 12.2. The van der Waals surface area contributed by atoms with Gasteiger partial charge in [0.05, 0.1) is 5.54 Å². The van der Waals surface area contributed by atoms with E-state index in [0.29, 0.717) is 17.9 Å². The first kappa shape index (κ1) is 18.3. The number of hydrogen-bond donors (Lipinski definition) is 1. The minimum absolute atomic E-state index is 0.396. The summed E-state index contributed by atoms with van der Waals surface area (Å²) in [4.78, 5) is 22.9. The minimum atomic E-state index is -0.522. The molecular formula is C19H27NO4. The fourth-order valence-corrected chi connectivity index (χ4v) is 2.92. The topological polar surface area (TPSA) is 64.6 Å². The van der Waals surface area contributed by atoms with Crippen LogP contribution in [0.15, 0.2) is 24.3 Å². The molecule has 1 fully saturated rings. The maximum absolute atomic E-state index is 12.2. The van der Waals surface area contributed by atoms with Gasteiger partial charge in [-0.1, -0.05) is 19.3 Å². The first-order valence-corrected chi connectivity index (χ1v) is 8.51. The molecule has 1 aliphatic rings. The van der Waals surface area contributed by atoms with Gasteiger partial charge < -0.3 is 14.8 Å². The van der Waals surface area contributed by atoms with E-state index in [1.807, 2.05) is 20.8 Å². The zero-order chi connectivity index (χ0) is 17.6. The van der Waals surface area contributed by atoms with Crippen LogP contribution in [0.25, 0.3) is 0 Å². The molecular weight excluding hydrogens is 306 g/mol. The van der Waals surface area contributed by atoms with E-state index in [2.05, 4.69) is 5.32 Å². The lowest BCUT2D eigenvalue weighted by Crippen LogP contribution is -2.54. The van der Waals surface area contributed by atoms with Crippen molar-refractivity contribution in [2.24, 2.45) is 0 Å². The first-order valence-electron chi connectivity index (χ1n) is 8.51. The Morgan fingerprint density at radius 1 is 1.17 bits per heavy atom. The molecule has 0 aliphatic heterocycles. The minimum Gasteiger partial charge on any atom is -0.491 e. The Labute approximate surface area is 143 Å². The van der Waals surface area contributed by atoms with Gasteiger partial charge in [0.2, 0.25) is 0 Å². The van der Waals surface area contributed by atoms with Crippen LogP contribution < -0.4 is 10.1 Å². The van der Waals surface area contributed by atoms with Crippen LogP contribution in [0, 0.1) is 0 Å². The van der Waals surface area contributed by atoms with Gasteiger partial charge in [0.25, 0.3) is 0 Å². The molecule has 0 unspecified atom stereocenters. The number of rotatable bonds is 5. The Morgan fingerprint density at radius 3 is 2.33 bits per heavy atom. The van der Waals surface area contributed by atoms with E-state index in [-0.39, 0.29) is 0 Å². The van der Waals surface area contributed by atoms with Gasteiger partial charge in [0, 0.05) is 5.56 Å². The van der Waals surface area contributed by atoms with Crippen molar-refractivity contribution in [3.63, 3.8) is 0 Å². The second kappa shape index (κ2) is 7.69. The summed E-state index contributed by atoms with van der Waals surface area (Å²) >= 11 is 0. The Bertz CT molecular complexity index is 554. The van der Waals surface area contributed by atoms with Crippen molar-refractivity contribution in [2.45, 2.75) is 64.0 Å². The van der Waals surface area contributed by atoms with Crippen LogP contribution in [0.3, 0.4) is 0 Å². The standard InChI is InChI=1S/C19H27NO4/c1-18(2,3)24-17(22)20-19(11-5-4-6-12-19)14-23-16-9-7-15(13-21)8-10-16/h7-10,13H,4-6,11-12,14H2,1-3H3,(H,20,22). The Kier molecular flexibility index (Phi) is 5.86. The third-order valence-corrected chi connectivity index (χ3v) is 4.11. The largest absolute Gasteiger partial charge is 0.491 e. The molecule has 1 aromatic rings. The highest BCUT2D eigenvalue weighted by Gasteiger charge is 2.36. The van der Waals surface area contributed by atoms with E-state index in [4.69, 9.17) is 9.47 Å². The summed E-state index contributed by atoms with van der Waals surface area (Å²) in [5.41, 5.74) is -0.309. The predicted octanol–water partition coefficient (Wildman–Crippen LogP) is 4.11. The maximum Gasteiger partial charge on any atom is 0.408 e. The highest BCUT2D eigenvalue weighted by Crippen LogP contribution is 2.29. The van der Waals surface area contributed by atoms with Crippen molar-refractivity contribution < 1.29 is 19.1 Å². The van der Waals surface area contributed by atoms with Gasteiger partial charge in [0.15, 0.2) is 0 Å². The van der Waals surface area contributed by atoms with E-state index in [1.54, 1.807) is 24.3 Å². The summed E-state index contributed by atoms with van der Waals surface area (Å²) in [6.45, 7) is 5.95. The van der Waals surface area contributed by atoms with Gasteiger partial charge in [-0.3, -0.25) is 4.79 Å². The number of alkyl carbamates (subject to hydrolysis) is 1. The van der Waals surface area contributed by atoms with Gasteiger partial charge in [0.1, 0.15) is 24.2 Å². The number of ether oxygens (including phenoxy) is 2. The molecule has 0 saturated heterocycles. The van der Waals surface area contributed by atoms with Crippen molar-refractivity contribution in [3.8, 4) is 5.75 Å². The third kappa shape index (κ3) is 5.55. The molecule has 5 nitrogen and oxygen atoms in total. The average Bonchev–Trinajstić information content (AvgIpc) is 2.52. The summed E-state index contributed by atoms with van der Waals surface area (Å²) in [5, 5.41) is 3.04. The summed E-state index contributed by atoms with van der Waals surface area (Å²) in [7, 11) is 0. The van der Waals surface area contributed by atoms with Crippen molar-refractivity contribution in [1.82, 2.24) is 5.32 Å². The quantitative estimate of drug-likeness (QED) is 0.824. The van der Waals surface area contributed by atoms with E-state index < -0.39 is 17.2 Å². The van der Waals surface area contributed by atoms with Crippen molar-refractivity contribution in [3.05, 3.63) is 29.8 Å². The third-order valence-electron chi connectivity index (χ3n) is 4.11. The first-order chi connectivity index (χ1) is 11.3. The van der Waals surface area contributed by atoms with E-state index in [1.165, 1.54) is 6.42 Å². The number of amides is 1. The van der Waals surface area contributed by atoms with Crippen molar-refractivity contribution in [2.75, 3.05) is 6.61 Å². The molecule has 1 aliphatic carbocycles. The van der Waals surface area contributed by atoms with E-state index >= 15 is 0 Å². The molecule has 0 heterocycles. The molecule has 0 atom stereocenters. The van der Waals surface area contributed by atoms with E-state index in [9.17, 15) is 9.59 Å². The highest BCUT2D eigenvalue weighted by molar-refractivity contribution is 5.74. The summed E-state index contributed by atoms with van der Waals surface area (Å²) < 4.78 is 11.3. The Morgan fingerprint density at radius 2 is 1.79 bits per heavy atom. The van der Waals surface area contributed by atoms with Gasteiger partial charge in [-0.15, -0.1) is 0 Å². The van der Waals surface area contributed by atoms with Crippen LogP contribution in [0.5, 0.6) is 5.75 Å². The molecule has 1 saturated carbocycles. The van der Waals surface area contributed by atoms with Crippen molar-refractivity contribution >= 4 is 12.4 Å². The lowest BCUT2D eigenvalue weighted by atomic mass is 9.82. The normalized spacial score (nSPS) is 17.0. The average molecular weight is 333 g/mol.